The lowest BCUT2D eigenvalue weighted by molar-refractivity contribution is 0.473. The van der Waals surface area contributed by atoms with Crippen LogP contribution in [-0.4, -0.2) is 30.1 Å². The van der Waals surface area contributed by atoms with E-state index in [0.717, 1.165) is 22.3 Å². The molecule has 0 fully saturated rings. The highest BCUT2D eigenvalue weighted by molar-refractivity contribution is 9.12. The standard InChI is InChI=1S/C28H24Br2O4/c29-27(25(17-1-9-21(31)10-2-17)18-3-11-22(32)12-4-18)28(30)26(19-5-13-23(33)14-6-19)20-7-15-24(34)16-8-20/h1-16,25-28,31-34H. The molecular formula is C28H24Br2O4. The van der Waals surface area contributed by atoms with Crippen LogP contribution in [0.2, 0.25) is 0 Å². The van der Waals surface area contributed by atoms with E-state index in [-0.39, 0.29) is 44.5 Å². The second-order valence-electron chi connectivity index (χ2n) is 8.21. The molecule has 0 radical (unpaired) electrons. The first-order valence-corrected chi connectivity index (χ1v) is 12.6. The van der Waals surface area contributed by atoms with Crippen LogP contribution in [0.3, 0.4) is 0 Å². The highest BCUT2D eigenvalue weighted by Crippen LogP contribution is 2.44. The Morgan fingerprint density at radius 2 is 0.529 bits per heavy atom. The SMILES string of the molecule is Oc1ccc(C(c2ccc(O)cc2)C(Br)C(Br)C(c2ccc(O)cc2)c2ccc(O)cc2)cc1. The second kappa shape index (κ2) is 10.5. The molecule has 0 amide bonds. The van der Waals surface area contributed by atoms with Crippen LogP contribution in [0, 0.1) is 0 Å². The number of halogens is 2. The topological polar surface area (TPSA) is 80.9 Å². The Labute approximate surface area is 215 Å². The first kappa shape index (κ1) is 24.2. The summed E-state index contributed by atoms with van der Waals surface area (Å²) in [6, 6.07) is 28.6. The largest absolute Gasteiger partial charge is 0.508 e. The van der Waals surface area contributed by atoms with Gasteiger partial charge in [-0.2, -0.15) is 0 Å². The second-order valence-corrected chi connectivity index (χ2v) is 10.3. The van der Waals surface area contributed by atoms with Crippen molar-refractivity contribution >= 4 is 31.9 Å². The maximum atomic E-state index is 9.83. The zero-order valence-electron chi connectivity index (χ0n) is 18.1. The Bertz CT molecular complexity index is 1020. The van der Waals surface area contributed by atoms with Gasteiger partial charge in [-0.05, 0) is 70.8 Å². The molecule has 6 heteroatoms. The minimum absolute atomic E-state index is 0.109. The predicted molar refractivity (Wildman–Crippen MR) is 142 cm³/mol. The van der Waals surface area contributed by atoms with Gasteiger partial charge in [0.2, 0.25) is 0 Å². The molecule has 4 aromatic carbocycles. The molecule has 4 rings (SSSR count). The summed E-state index contributed by atoms with van der Waals surface area (Å²) in [6.07, 6.45) is 0. The fourth-order valence-corrected chi connectivity index (χ4v) is 6.05. The third-order valence-corrected chi connectivity index (χ3v) is 8.86. The number of aromatic hydroxyl groups is 4. The van der Waals surface area contributed by atoms with E-state index >= 15 is 0 Å². The van der Waals surface area contributed by atoms with E-state index in [1.54, 1.807) is 48.5 Å². The Morgan fingerprint density at radius 1 is 0.353 bits per heavy atom. The lowest BCUT2D eigenvalue weighted by Gasteiger charge is -2.33. The molecule has 0 spiro atoms. The Kier molecular flexibility index (Phi) is 7.49. The minimum atomic E-state index is -0.116. The van der Waals surface area contributed by atoms with E-state index < -0.39 is 0 Å². The summed E-state index contributed by atoms with van der Waals surface area (Å²) in [6.45, 7) is 0. The van der Waals surface area contributed by atoms with Crippen LogP contribution < -0.4 is 0 Å². The molecule has 0 aliphatic heterocycles. The molecule has 2 unspecified atom stereocenters. The molecule has 2 atom stereocenters. The Hall–Kier alpha value is -2.96. The van der Waals surface area contributed by atoms with Crippen molar-refractivity contribution in [3.8, 4) is 23.0 Å². The van der Waals surface area contributed by atoms with Crippen molar-refractivity contribution < 1.29 is 20.4 Å². The number of phenols is 4. The highest BCUT2D eigenvalue weighted by atomic mass is 79.9. The van der Waals surface area contributed by atoms with Crippen LogP contribution >= 0.6 is 31.9 Å². The number of alkyl halides is 2. The molecule has 0 saturated carbocycles. The molecule has 0 heterocycles. The molecular weight excluding hydrogens is 560 g/mol. The number of hydrogen-bond donors (Lipinski definition) is 4. The molecule has 0 aliphatic carbocycles. The lowest BCUT2D eigenvalue weighted by atomic mass is 9.80. The summed E-state index contributed by atoms with van der Waals surface area (Å²) in [5, 5.41) is 39.3. The maximum absolute atomic E-state index is 9.83. The van der Waals surface area contributed by atoms with E-state index in [0.29, 0.717) is 0 Å². The van der Waals surface area contributed by atoms with Gasteiger partial charge in [0, 0.05) is 21.5 Å². The van der Waals surface area contributed by atoms with Crippen LogP contribution in [0.25, 0.3) is 0 Å². The number of hydrogen-bond acceptors (Lipinski definition) is 4. The fraction of sp³-hybridized carbons (Fsp3) is 0.143. The molecule has 0 bridgehead atoms. The van der Waals surface area contributed by atoms with Crippen molar-refractivity contribution in [3.05, 3.63) is 119 Å². The average Bonchev–Trinajstić information content (AvgIpc) is 2.84. The van der Waals surface area contributed by atoms with E-state index in [1.165, 1.54) is 0 Å². The van der Waals surface area contributed by atoms with Gasteiger partial charge in [0.05, 0.1) is 0 Å². The van der Waals surface area contributed by atoms with Gasteiger partial charge in [0.1, 0.15) is 23.0 Å². The van der Waals surface area contributed by atoms with Crippen molar-refractivity contribution in [3.63, 3.8) is 0 Å². The molecule has 0 saturated heterocycles. The molecule has 0 aliphatic rings. The highest BCUT2D eigenvalue weighted by Gasteiger charge is 2.35. The van der Waals surface area contributed by atoms with Gasteiger partial charge in [-0.25, -0.2) is 0 Å². The maximum Gasteiger partial charge on any atom is 0.115 e. The van der Waals surface area contributed by atoms with E-state index in [2.05, 4.69) is 31.9 Å². The molecule has 4 nitrogen and oxygen atoms in total. The molecule has 174 valence electrons. The van der Waals surface area contributed by atoms with Gasteiger partial charge < -0.3 is 20.4 Å². The van der Waals surface area contributed by atoms with Crippen LogP contribution in [0.1, 0.15) is 34.1 Å². The van der Waals surface area contributed by atoms with Crippen molar-refractivity contribution in [2.75, 3.05) is 0 Å². The fourth-order valence-electron chi connectivity index (χ4n) is 4.21. The molecule has 0 aromatic heterocycles. The summed E-state index contributed by atoms with van der Waals surface area (Å²) in [4.78, 5) is -0.233. The van der Waals surface area contributed by atoms with Crippen molar-refractivity contribution in [1.82, 2.24) is 0 Å². The van der Waals surface area contributed by atoms with Crippen molar-refractivity contribution in [2.24, 2.45) is 0 Å². The van der Waals surface area contributed by atoms with Crippen molar-refractivity contribution in [1.29, 1.82) is 0 Å². The van der Waals surface area contributed by atoms with Crippen LogP contribution in [0.5, 0.6) is 23.0 Å². The summed E-state index contributed by atoms with van der Waals surface area (Å²) in [5.74, 6) is 0.563. The molecule has 34 heavy (non-hydrogen) atoms. The Morgan fingerprint density at radius 3 is 0.706 bits per heavy atom. The first-order chi connectivity index (χ1) is 16.3. The summed E-state index contributed by atoms with van der Waals surface area (Å²) in [7, 11) is 0. The lowest BCUT2D eigenvalue weighted by Crippen LogP contribution is -2.29. The van der Waals surface area contributed by atoms with E-state index in [1.807, 2.05) is 48.5 Å². The summed E-state index contributed by atoms with van der Waals surface area (Å²) < 4.78 is 0. The van der Waals surface area contributed by atoms with Crippen LogP contribution in [0.4, 0.5) is 0 Å². The van der Waals surface area contributed by atoms with Gasteiger partial charge in [-0.15, -0.1) is 0 Å². The van der Waals surface area contributed by atoms with Crippen LogP contribution in [-0.2, 0) is 0 Å². The zero-order chi connectivity index (χ0) is 24.2. The predicted octanol–water partition coefficient (Wildman–Crippen LogP) is 7.00. The molecule has 4 N–H and O–H groups in total. The number of phenolic OH excluding ortho intramolecular Hbond substituents is 4. The first-order valence-electron chi connectivity index (χ1n) is 10.8. The zero-order valence-corrected chi connectivity index (χ0v) is 21.3. The third-order valence-electron chi connectivity index (χ3n) is 5.95. The smallest absolute Gasteiger partial charge is 0.115 e. The van der Waals surface area contributed by atoms with Crippen molar-refractivity contribution in [2.45, 2.75) is 21.5 Å². The van der Waals surface area contributed by atoms with E-state index in [4.69, 9.17) is 0 Å². The molecule has 4 aromatic rings. The van der Waals surface area contributed by atoms with Gasteiger partial charge in [0.15, 0.2) is 0 Å². The number of rotatable bonds is 7. The Balaban J connectivity index is 1.79. The summed E-state index contributed by atoms with van der Waals surface area (Å²) >= 11 is 7.95. The van der Waals surface area contributed by atoms with Gasteiger partial charge >= 0.3 is 0 Å². The van der Waals surface area contributed by atoms with Crippen LogP contribution in [0.15, 0.2) is 97.1 Å². The summed E-state index contributed by atoms with van der Waals surface area (Å²) in [5.41, 5.74) is 4.02. The normalized spacial score (nSPS) is 13.2. The minimum Gasteiger partial charge on any atom is -0.508 e. The third kappa shape index (κ3) is 5.40. The number of benzene rings is 4. The van der Waals surface area contributed by atoms with Gasteiger partial charge in [0.25, 0.3) is 0 Å². The van der Waals surface area contributed by atoms with Gasteiger partial charge in [-0.1, -0.05) is 80.4 Å². The quantitative estimate of drug-likeness (QED) is 0.177. The average molecular weight is 584 g/mol. The van der Waals surface area contributed by atoms with E-state index in [9.17, 15) is 20.4 Å². The van der Waals surface area contributed by atoms with Gasteiger partial charge in [-0.3, -0.25) is 0 Å². The monoisotopic (exact) mass is 582 g/mol.